The molecule has 7 rings (SSSR count). The Kier molecular flexibility index (Phi) is 8.99. The van der Waals surface area contributed by atoms with Crippen molar-refractivity contribution in [2.45, 2.75) is 25.4 Å². The Morgan fingerprint density at radius 1 is 1.00 bits per heavy atom. The largest absolute Gasteiger partial charge is 0.383 e. The van der Waals surface area contributed by atoms with Crippen LogP contribution in [0.1, 0.15) is 29.2 Å². The fourth-order valence-corrected chi connectivity index (χ4v) is 6.55. The minimum Gasteiger partial charge on any atom is -0.383 e. The zero-order valence-corrected chi connectivity index (χ0v) is 26.8. The summed E-state index contributed by atoms with van der Waals surface area (Å²) in [5.41, 5.74) is 12.0. The summed E-state index contributed by atoms with van der Waals surface area (Å²) in [6.45, 7) is 9.88. The molecule has 246 valence electrons. The molecule has 2 saturated heterocycles. The fraction of sp³-hybridized carbons (Fsp3) is 0.306. The number of hydrogen-bond acceptors (Lipinski definition) is 8. The van der Waals surface area contributed by atoms with E-state index >= 15 is 0 Å². The first kappa shape index (κ1) is 31.3. The predicted octanol–water partition coefficient (Wildman–Crippen LogP) is 4.48. The molecule has 1 atom stereocenters. The number of anilines is 2. The number of rotatable bonds is 9. The molecule has 0 bridgehead atoms. The third-order valence-electron chi connectivity index (χ3n) is 9.13. The van der Waals surface area contributed by atoms with Gasteiger partial charge in [0.15, 0.2) is 0 Å². The lowest BCUT2D eigenvalue weighted by atomic mass is 10.0. The average molecular weight is 646 g/mol. The van der Waals surface area contributed by atoms with Crippen LogP contribution in [0, 0.1) is 0 Å². The maximum Gasteiger partial charge on any atom is 0.255 e. The zero-order valence-electron chi connectivity index (χ0n) is 26.8. The fourth-order valence-electron chi connectivity index (χ4n) is 6.55. The van der Waals surface area contributed by atoms with Gasteiger partial charge in [-0.3, -0.25) is 23.9 Å². The number of pyridine rings is 1. The highest BCUT2D eigenvalue weighted by Gasteiger charge is 2.29. The lowest BCUT2D eigenvalue weighted by molar-refractivity contribution is -0.127. The number of nitrogens with one attached hydrogen (secondary N) is 1. The van der Waals surface area contributed by atoms with Crippen LogP contribution in [-0.2, 0) is 16.1 Å². The van der Waals surface area contributed by atoms with Gasteiger partial charge in [0.2, 0.25) is 5.91 Å². The van der Waals surface area contributed by atoms with E-state index in [1.54, 1.807) is 18.3 Å². The highest BCUT2D eigenvalue weighted by molar-refractivity contribution is 6.07. The van der Waals surface area contributed by atoms with Crippen molar-refractivity contribution < 1.29 is 14.3 Å². The summed E-state index contributed by atoms with van der Waals surface area (Å²) in [6, 6.07) is 16.6. The van der Waals surface area contributed by atoms with E-state index in [-0.39, 0.29) is 17.9 Å². The first-order valence-corrected chi connectivity index (χ1v) is 16.4. The predicted molar refractivity (Wildman–Crippen MR) is 185 cm³/mol. The molecule has 2 aliphatic heterocycles. The first-order chi connectivity index (χ1) is 23.5. The molecule has 0 saturated carbocycles. The highest BCUT2D eigenvalue weighted by atomic mass is 16.5. The van der Waals surface area contributed by atoms with Gasteiger partial charge in [0.25, 0.3) is 5.91 Å². The number of piperidine rings is 1. The Morgan fingerprint density at radius 2 is 1.79 bits per heavy atom. The Hall–Kier alpha value is -5.33. The second kappa shape index (κ2) is 13.8. The number of likely N-dealkylation sites (tertiary alicyclic amines) is 1. The van der Waals surface area contributed by atoms with Gasteiger partial charge >= 0.3 is 0 Å². The smallest absolute Gasteiger partial charge is 0.255 e. The monoisotopic (exact) mass is 645 g/mol. The normalized spacial score (nSPS) is 17.0. The molecule has 12 heteroatoms. The minimum atomic E-state index is -0.183. The van der Waals surface area contributed by atoms with E-state index in [0.717, 1.165) is 79.8 Å². The Bertz CT molecular complexity index is 1930. The van der Waals surface area contributed by atoms with E-state index < -0.39 is 0 Å². The molecule has 1 unspecified atom stereocenters. The summed E-state index contributed by atoms with van der Waals surface area (Å²) >= 11 is 0. The number of ether oxygens (including phenoxy) is 1. The van der Waals surface area contributed by atoms with Gasteiger partial charge in [-0.1, -0.05) is 36.9 Å². The van der Waals surface area contributed by atoms with Crippen molar-refractivity contribution >= 4 is 34.2 Å². The van der Waals surface area contributed by atoms with Gasteiger partial charge in [0.1, 0.15) is 11.5 Å². The zero-order chi connectivity index (χ0) is 33.0. The molecule has 0 spiro atoms. The van der Waals surface area contributed by atoms with Gasteiger partial charge in [-0.05, 0) is 43.2 Å². The molecule has 5 heterocycles. The summed E-state index contributed by atoms with van der Waals surface area (Å²) in [6.07, 6.45) is 8.75. The van der Waals surface area contributed by atoms with Crippen molar-refractivity contribution in [2.24, 2.45) is 0 Å². The summed E-state index contributed by atoms with van der Waals surface area (Å²) in [5, 5.41) is 13.6. The molecule has 2 aliphatic rings. The van der Waals surface area contributed by atoms with Crippen LogP contribution in [0.2, 0.25) is 0 Å². The van der Waals surface area contributed by atoms with Crippen LogP contribution in [0.15, 0.2) is 85.8 Å². The Morgan fingerprint density at radius 3 is 2.56 bits per heavy atom. The highest BCUT2D eigenvalue weighted by Crippen LogP contribution is 2.40. The minimum absolute atomic E-state index is 0.0831. The molecular formula is C36H39N9O3. The molecule has 3 N–H and O–H groups in total. The second-order valence-electron chi connectivity index (χ2n) is 12.2. The van der Waals surface area contributed by atoms with Gasteiger partial charge in [-0.25, -0.2) is 4.98 Å². The van der Waals surface area contributed by atoms with Crippen molar-refractivity contribution in [3.05, 3.63) is 91.4 Å². The quantitative estimate of drug-likeness (QED) is 0.224. The molecule has 2 fully saturated rings. The summed E-state index contributed by atoms with van der Waals surface area (Å²) in [4.78, 5) is 34.3. The van der Waals surface area contributed by atoms with Crippen molar-refractivity contribution in [2.75, 3.05) is 57.0 Å². The standard InChI is InChI=1S/C36H39N9O3/c1-2-31(46)43-14-6-9-29(24-43)45-34-30(27-21-39-44(23-27)16-15-42-17-19-48-20-18-42)22-38-35(37)32(34)33(41-45)25-10-12-28(13-11-25)40-36(47)26-7-4-3-5-8-26/h2-5,7-8,10-13,21-23,29H,1,6,9,14-20,24H2,(H2,37,38)(H,40,47). The number of hydrogen-bond donors (Lipinski definition) is 2. The van der Waals surface area contributed by atoms with Gasteiger partial charge in [0, 0.05) is 73.1 Å². The molecule has 2 amide bonds. The number of benzene rings is 2. The molecule has 48 heavy (non-hydrogen) atoms. The number of carbonyl (C=O) groups is 2. The lowest BCUT2D eigenvalue weighted by Crippen LogP contribution is -2.40. The molecule has 2 aromatic carbocycles. The van der Waals surface area contributed by atoms with E-state index in [4.69, 9.17) is 15.6 Å². The number of nitrogens with zero attached hydrogens (tertiary/aromatic N) is 7. The van der Waals surface area contributed by atoms with Crippen LogP contribution in [0.3, 0.4) is 0 Å². The number of amides is 2. The number of aromatic nitrogens is 5. The molecular weight excluding hydrogens is 606 g/mol. The van der Waals surface area contributed by atoms with Crippen LogP contribution < -0.4 is 11.1 Å². The molecule has 5 aromatic rings. The van der Waals surface area contributed by atoms with Crippen LogP contribution in [0.5, 0.6) is 0 Å². The summed E-state index contributed by atoms with van der Waals surface area (Å²) < 4.78 is 9.48. The van der Waals surface area contributed by atoms with E-state index in [0.29, 0.717) is 35.9 Å². The number of morpholine rings is 1. The van der Waals surface area contributed by atoms with E-state index in [2.05, 4.69) is 26.9 Å². The van der Waals surface area contributed by atoms with Gasteiger partial charge in [-0.2, -0.15) is 10.2 Å². The van der Waals surface area contributed by atoms with Crippen LogP contribution in [0.25, 0.3) is 33.3 Å². The van der Waals surface area contributed by atoms with Crippen LogP contribution in [-0.4, -0.2) is 92.1 Å². The lowest BCUT2D eigenvalue weighted by Gasteiger charge is -2.32. The Labute approximate surface area is 278 Å². The maximum absolute atomic E-state index is 12.8. The van der Waals surface area contributed by atoms with Gasteiger partial charge < -0.3 is 20.7 Å². The topological polar surface area (TPSA) is 136 Å². The third kappa shape index (κ3) is 6.44. The van der Waals surface area contributed by atoms with Crippen molar-refractivity contribution in [3.8, 4) is 22.4 Å². The average Bonchev–Trinajstić information content (AvgIpc) is 3.78. The molecule has 12 nitrogen and oxygen atoms in total. The molecule has 3 aromatic heterocycles. The van der Waals surface area contributed by atoms with Crippen LogP contribution in [0.4, 0.5) is 11.5 Å². The van der Waals surface area contributed by atoms with E-state index in [1.165, 1.54) is 6.08 Å². The maximum atomic E-state index is 12.8. The molecule has 0 radical (unpaired) electrons. The molecule has 0 aliphatic carbocycles. The summed E-state index contributed by atoms with van der Waals surface area (Å²) in [5.74, 6) is 0.0936. The number of carbonyl (C=O) groups excluding carboxylic acids is 2. The summed E-state index contributed by atoms with van der Waals surface area (Å²) in [7, 11) is 0. The first-order valence-electron chi connectivity index (χ1n) is 16.4. The number of nitrogens with two attached hydrogens (primary N) is 1. The van der Waals surface area contributed by atoms with Crippen LogP contribution >= 0.6 is 0 Å². The SMILES string of the molecule is C=CC(=O)N1CCCC(n2nc(-c3ccc(NC(=O)c4ccccc4)cc3)c3c(N)ncc(-c4cnn(CCN5CCOCC5)c4)c32)C1. The van der Waals surface area contributed by atoms with E-state index in [9.17, 15) is 9.59 Å². The second-order valence-corrected chi connectivity index (χ2v) is 12.2. The van der Waals surface area contributed by atoms with Gasteiger partial charge in [-0.15, -0.1) is 0 Å². The van der Waals surface area contributed by atoms with Crippen molar-refractivity contribution in [1.82, 2.24) is 34.3 Å². The number of fused-ring (bicyclic) bond motifs is 1. The van der Waals surface area contributed by atoms with Gasteiger partial charge in [0.05, 0.1) is 42.9 Å². The van der Waals surface area contributed by atoms with E-state index in [1.807, 2.05) is 69.1 Å². The number of nitrogen functional groups attached to an aromatic ring is 1. The van der Waals surface area contributed by atoms with Crippen molar-refractivity contribution in [1.29, 1.82) is 0 Å². The third-order valence-corrected chi connectivity index (χ3v) is 9.13. The Balaban J connectivity index is 1.25. The van der Waals surface area contributed by atoms with Crippen molar-refractivity contribution in [3.63, 3.8) is 0 Å².